The number of hydrogen-bond donors (Lipinski definition) is 1. The molecule has 2 aliphatic heterocycles. The first-order chi connectivity index (χ1) is 19.5. The summed E-state index contributed by atoms with van der Waals surface area (Å²) in [6, 6.07) is 4.06. The van der Waals surface area contributed by atoms with Crippen molar-refractivity contribution in [1.29, 1.82) is 0 Å². The predicted octanol–water partition coefficient (Wildman–Crippen LogP) is 5.20. The van der Waals surface area contributed by atoms with E-state index in [-0.39, 0.29) is 35.9 Å². The number of hydrogen-bond acceptors (Lipinski definition) is 8. The quantitative estimate of drug-likeness (QED) is 0.282. The first-order valence-corrected chi connectivity index (χ1v) is 14.2. The number of aliphatic carboxylic acids is 1. The molecule has 13 heteroatoms. The number of likely N-dealkylation sites (tertiary alicyclic amines) is 1. The molecule has 3 aromatic rings. The number of aromatic nitrogens is 3. The van der Waals surface area contributed by atoms with Crippen LogP contribution in [0.25, 0.3) is 11.3 Å². The molecule has 0 saturated carbocycles. The molecule has 1 atom stereocenters. The molecule has 2 aromatic heterocycles. The average Bonchev–Trinajstić information content (AvgIpc) is 3.53. The molecule has 4 heterocycles. The van der Waals surface area contributed by atoms with Gasteiger partial charge in [0.15, 0.2) is 5.78 Å². The molecule has 0 bridgehead atoms. The van der Waals surface area contributed by atoms with Gasteiger partial charge in [0, 0.05) is 43.2 Å². The Kier molecular flexibility index (Phi) is 8.37. The molecular formula is C28H29F4N5O3S. The number of carbonyl (C=O) groups is 2. The lowest BCUT2D eigenvalue weighted by Crippen LogP contribution is -2.36. The number of Topliss-reactive ketones (excluding diaryl/α,β-unsaturated/α-hetero) is 1. The number of carbonyl (C=O) groups excluding carboxylic acids is 1. The zero-order chi connectivity index (χ0) is 29.3. The lowest BCUT2D eigenvalue weighted by molar-refractivity contribution is -0.142. The molecule has 2 aliphatic rings. The van der Waals surface area contributed by atoms with E-state index in [1.165, 1.54) is 36.7 Å². The first-order valence-electron chi connectivity index (χ1n) is 13.3. The van der Waals surface area contributed by atoms with Crippen molar-refractivity contribution in [3.8, 4) is 11.3 Å². The number of carboxylic acids is 1. The fourth-order valence-electron chi connectivity index (χ4n) is 5.23. The van der Waals surface area contributed by atoms with Crippen molar-refractivity contribution in [2.45, 2.75) is 51.5 Å². The van der Waals surface area contributed by atoms with E-state index in [1.807, 2.05) is 9.80 Å². The molecule has 0 spiro atoms. The summed E-state index contributed by atoms with van der Waals surface area (Å²) < 4.78 is 54.7. The monoisotopic (exact) mass is 591 g/mol. The van der Waals surface area contributed by atoms with Gasteiger partial charge in [0.1, 0.15) is 22.7 Å². The van der Waals surface area contributed by atoms with Crippen LogP contribution < -0.4 is 4.90 Å². The number of benzene rings is 1. The third-order valence-electron chi connectivity index (χ3n) is 7.54. The van der Waals surface area contributed by atoms with Crippen LogP contribution in [0.3, 0.4) is 0 Å². The molecular weight excluding hydrogens is 562 g/mol. The largest absolute Gasteiger partial charge is 0.481 e. The Morgan fingerprint density at radius 2 is 1.85 bits per heavy atom. The second-order valence-electron chi connectivity index (χ2n) is 10.5. The van der Waals surface area contributed by atoms with Crippen LogP contribution in [-0.2, 0) is 23.9 Å². The summed E-state index contributed by atoms with van der Waals surface area (Å²) >= 11 is 1.23. The molecule has 0 radical (unpaired) electrons. The van der Waals surface area contributed by atoms with Crippen LogP contribution in [0.2, 0.25) is 0 Å². The highest BCUT2D eigenvalue weighted by atomic mass is 32.1. The summed E-state index contributed by atoms with van der Waals surface area (Å²) in [5, 5.41) is 9.61. The van der Waals surface area contributed by atoms with Gasteiger partial charge in [-0.25, -0.2) is 19.3 Å². The van der Waals surface area contributed by atoms with Gasteiger partial charge < -0.3 is 10.0 Å². The van der Waals surface area contributed by atoms with Gasteiger partial charge in [-0.1, -0.05) is 12.1 Å². The Balaban J connectivity index is 1.35. The van der Waals surface area contributed by atoms with Gasteiger partial charge >= 0.3 is 12.1 Å². The highest BCUT2D eigenvalue weighted by Gasteiger charge is 2.33. The van der Waals surface area contributed by atoms with Gasteiger partial charge in [-0.15, -0.1) is 11.3 Å². The third-order valence-corrected chi connectivity index (χ3v) is 8.58. The zero-order valence-electron chi connectivity index (χ0n) is 22.3. The molecule has 5 rings (SSSR count). The van der Waals surface area contributed by atoms with Crippen molar-refractivity contribution in [3.05, 3.63) is 57.3 Å². The Bertz CT molecular complexity index is 1420. The van der Waals surface area contributed by atoms with Gasteiger partial charge in [-0.2, -0.15) is 13.2 Å². The minimum Gasteiger partial charge on any atom is -0.481 e. The second-order valence-corrected chi connectivity index (χ2v) is 11.7. The number of thiazole rings is 1. The maximum atomic E-state index is 13.8. The smallest absolute Gasteiger partial charge is 0.416 e. The molecule has 0 unspecified atom stereocenters. The number of anilines is 1. The number of rotatable bonds is 8. The van der Waals surface area contributed by atoms with Gasteiger partial charge in [0.25, 0.3) is 0 Å². The fraction of sp³-hybridized carbons (Fsp3) is 0.464. The molecule has 218 valence electrons. The lowest BCUT2D eigenvalue weighted by atomic mass is 9.97. The van der Waals surface area contributed by atoms with Gasteiger partial charge in [0.2, 0.25) is 0 Å². The Hall–Kier alpha value is -3.45. The van der Waals surface area contributed by atoms with Crippen LogP contribution in [0, 0.1) is 12.8 Å². The van der Waals surface area contributed by atoms with E-state index in [4.69, 9.17) is 0 Å². The minimum absolute atomic E-state index is 0.0986. The van der Waals surface area contributed by atoms with Gasteiger partial charge in [-0.05, 0) is 37.8 Å². The molecule has 41 heavy (non-hydrogen) atoms. The molecule has 0 amide bonds. The highest BCUT2D eigenvalue weighted by Crippen LogP contribution is 2.37. The van der Waals surface area contributed by atoms with E-state index in [0.717, 1.165) is 6.07 Å². The Morgan fingerprint density at radius 1 is 1.10 bits per heavy atom. The number of alkyl halides is 4. The number of piperidine rings is 1. The maximum absolute atomic E-state index is 13.8. The standard InChI is InChI=1S/C28H29F4N5O3S/c1-16-2-3-18(10-20(16)28(30,31)32)26-23(15-36-7-6-19(29)14-36)41-25(35-26)11-22(38)21-12-34-24(13-33-21)37-8-4-17(5-9-37)27(39)40/h2-3,10,12-13,17,19H,4-9,11,14-15H2,1H3,(H,39,40)/t19-/m1/s1. The summed E-state index contributed by atoms with van der Waals surface area (Å²) in [7, 11) is 0. The number of aryl methyl sites for hydroxylation is 1. The normalized spacial score (nSPS) is 18.7. The van der Waals surface area contributed by atoms with Crippen molar-refractivity contribution in [2.24, 2.45) is 5.92 Å². The summed E-state index contributed by atoms with van der Waals surface area (Å²) in [6.45, 7) is 3.55. The Labute approximate surface area is 238 Å². The second kappa shape index (κ2) is 11.8. The summed E-state index contributed by atoms with van der Waals surface area (Å²) in [5.74, 6) is -0.969. The SMILES string of the molecule is Cc1ccc(-c2nc(CC(=O)c3cnc(N4CCC(C(=O)O)CC4)cn3)sc2CN2CC[C@@H](F)C2)cc1C(F)(F)F. The van der Waals surface area contributed by atoms with Crippen LogP contribution in [0.15, 0.2) is 30.6 Å². The van der Waals surface area contributed by atoms with Gasteiger partial charge in [0.05, 0.1) is 36.0 Å². The van der Waals surface area contributed by atoms with E-state index < -0.39 is 23.9 Å². The van der Waals surface area contributed by atoms with Crippen molar-refractivity contribution in [2.75, 3.05) is 31.1 Å². The number of nitrogens with zero attached hydrogens (tertiary/aromatic N) is 5. The van der Waals surface area contributed by atoms with Crippen molar-refractivity contribution in [1.82, 2.24) is 19.9 Å². The van der Waals surface area contributed by atoms with Crippen LogP contribution in [-0.4, -0.2) is 69.1 Å². The summed E-state index contributed by atoms with van der Waals surface area (Å²) in [5.41, 5.74) is 0.124. The van der Waals surface area contributed by atoms with E-state index >= 15 is 0 Å². The Morgan fingerprint density at radius 3 is 2.46 bits per heavy atom. The zero-order valence-corrected chi connectivity index (χ0v) is 23.1. The number of carboxylic acid groups (broad SMARTS) is 1. The van der Waals surface area contributed by atoms with Crippen LogP contribution in [0.4, 0.5) is 23.4 Å². The van der Waals surface area contributed by atoms with E-state index in [9.17, 15) is 32.3 Å². The molecule has 8 nitrogen and oxygen atoms in total. The summed E-state index contributed by atoms with van der Waals surface area (Å²) in [4.78, 5) is 41.9. The molecule has 1 N–H and O–H groups in total. The van der Waals surface area contributed by atoms with Crippen molar-refractivity contribution >= 4 is 28.9 Å². The van der Waals surface area contributed by atoms with E-state index in [2.05, 4.69) is 15.0 Å². The number of halogens is 4. The van der Waals surface area contributed by atoms with Gasteiger partial charge in [-0.3, -0.25) is 14.5 Å². The van der Waals surface area contributed by atoms with E-state index in [1.54, 1.807) is 6.07 Å². The fourth-order valence-corrected chi connectivity index (χ4v) is 6.36. The summed E-state index contributed by atoms with van der Waals surface area (Å²) in [6.07, 6.45) is -1.33. The molecule has 1 aromatic carbocycles. The minimum atomic E-state index is -4.53. The topological polar surface area (TPSA) is 99.5 Å². The molecule has 0 aliphatic carbocycles. The van der Waals surface area contributed by atoms with Crippen molar-refractivity contribution < 1.29 is 32.3 Å². The van der Waals surface area contributed by atoms with Crippen LogP contribution in [0.1, 0.15) is 50.8 Å². The number of ketones is 1. The van der Waals surface area contributed by atoms with Crippen LogP contribution in [0.5, 0.6) is 0 Å². The molecule has 2 fully saturated rings. The van der Waals surface area contributed by atoms with Crippen LogP contribution >= 0.6 is 11.3 Å². The highest BCUT2D eigenvalue weighted by molar-refractivity contribution is 7.12. The predicted molar refractivity (Wildman–Crippen MR) is 145 cm³/mol. The van der Waals surface area contributed by atoms with Crippen molar-refractivity contribution in [3.63, 3.8) is 0 Å². The average molecular weight is 592 g/mol. The lowest BCUT2D eigenvalue weighted by Gasteiger charge is -2.30. The molecule has 2 saturated heterocycles. The first kappa shape index (κ1) is 29.1. The maximum Gasteiger partial charge on any atom is 0.416 e. The van der Waals surface area contributed by atoms with E-state index in [0.29, 0.717) is 72.4 Å². The third kappa shape index (κ3) is 6.72.